The average molecular weight is 199 g/mol. The van der Waals surface area contributed by atoms with E-state index in [2.05, 4.69) is 16.6 Å². The van der Waals surface area contributed by atoms with Crippen LogP contribution in [0.1, 0.15) is 6.92 Å². The molecule has 1 atom stereocenters. The third-order valence-electron chi connectivity index (χ3n) is 1.80. The third-order valence-corrected chi connectivity index (χ3v) is 2.90. The molecule has 0 unspecified atom stereocenters. The number of carbonyl (C=O) groups excluding carboxylic acids is 1. The Kier molecular flexibility index (Phi) is 3.42. The summed E-state index contributed by atoms with van der Waals surface area (Å²) >= 11 is 1.50. The van der Waals surface area contributed by atoms with Crippen molar-refractivity contribution >= 4 is 17.7 Å². The molecule has 13 heavy (non-hydrogen) atoms. The van der Waals surface area contributed by atoms with E-state index in [4.69, 9.17) is 0 Å². The molecule has 1 aliphatic heterocycles. The van der Waals surface area contributed by atoms with E-state index in [0.717, 1.165) is 11.3 Å². The van der Waals surface area contributed by atoms with Crippen molar-refractivity contribution in [3.8, 4) is 0 Å². The van der Waals surface area contributed by atoms with E-state index >= 15 is 0 Å². The van der Waals surface area contributed by atoms with Crippen LogP contribution in [0.4, 0.5) is 0 Å². The topological polar surface area (TPSA) is 38.3 Å². The van der Waals surface area contributed by atoms with Crippen LogP contribution >= 0.6 is 11.8 Å². The van der Waals surface area contributed by atoms with Crippen LogP contribution in [0.3, 0.4) is 0 Å². The van der Waals surface area contributed by atoms with E-state index < -0.39 is 0 Å². The first-order valence-electron chi connectivity index (χ1n) is 3.98. The molecule has 4 heteroatoms. The van der Waals surface area contributed by atoms with Crippen LogP contribution in [-0.2, 0) is 9.53 Å². The molecule has 1 rings (SSSR count). The lowest BCUT2D eigenvalue weighted by molar-refractivity contribution is -0.135. The minimum absolute atomic E-state index is 0.262. The van der Waals surface area contributed by atoms with Crippen molar-refractivity contribution in [1.29, 1.82) is 0 Å². The zero-order valence-electron chi connectivity index (χ0n) is 7.79. The first kappa shape index (κ1) is 10.2. The molecule has 1 heterocycles. The fourth-order valence-electron chi connectivity index (χ4n) is 0.942. The molecule has 72 valence electrons. The second kappa shape index (κ2) is 4.37. The van der Waals surface area contributed by atoms with Gasteiger partial charge in [0.2, 0.25) is 0 Å². The highest BCUT2D eigenvalue weighted by Gasteiger charge is 2.19. The number of rotatable bonds is 2. The number of hydrogen-bond acceptors (Lipinski definition) is 4. The molecule has 1 N–H and O–H groups in total. The highest BCUT2D eigenvalue weighted by molar-refractivity contribution is 8.04. The van der Waals surface area contributed by atoms with E-state index in [-0.39, 0.29) is 12.0 Å². The smallest absolute Gasteiger partial charge is 0.345 e. The number of thioether (sulfide) groups is 1. The number of esters is 1. The monoisotopic (exact) mass is 199 g/mol. The van der Waals surface area contributed by atoms with Gasteiger partial charge in [-0.1, -0.05) is 12.2 Å². The summed E-state index contributed by atoms with van der Waals surface area (Å²) < 4.78 is 4.59. The molecule has 0 aromatic carbocycles. The number of carbonyl (C=O) groups is 1. The van der Waals surface area contributed by atoms with Crippen LogP contribution in [0, 0.1) is 0 Å². The van der Waals surface area contributed by atoms with Gasteiger partial charge in [-0.3, -0.25) is 0 Å². The largest absolute Gasteiger partial charge is 0.465 e. The zero-order valence-corrected chi connectivity index (χ0v) is 8.61. The van der Waals surface area contributed by atoms with E-state index in [9.17, 15) is 4.79 Å². The maximum Gasteiger partial charge on any atom is 0.345 e. The van der Waals surface area contributed by atoms with Gasteiger partial charge >= 0.3 is 5.97 Å². The van der Waals surface area contributed by atoms with Crippen LogP contribution in [-0.4, -0.2) is 24.9 Å². The number of nitrogens with one attached hydrogen (secondary N) is 1. The Morgan fingerprint density at radius 3 is 2.92 bits per heavy atom. The van der Waals surface area contributed by atoms with Crippen molar-refractivity contribution in [1.82, 2.24) is 5.32 Å². The van der Waals surface area contributed by atoms with Crippen LogP contribution in [0.25, 0.3) is 0 Å². The lowest BCUT2D eigenvalue weighted by Crippen LogP contribution is -2.32. The van der Waals surface area contributed by atoms with Crippen LogP contribution < -0.4 is 5.32 Å². The Balaban J connectivity index is 2.57. The predicted molar refractivity (Wildman–Crippen MR) is 54.3 cm³/mol. The van der Waals surface area contributed by atoms with E-state index in [1.807, 2.05) is 6.92 Å². The van der Waals surface area contributed by atoms with Gasteiger partial charge in [0, 0.05) is 12.0 Å². The Morgan fingerprint density at radius 1 is 1.85 bits per heavy atom. The summed E-state index contributed by atoms with van der Waals surface area (Å²) in [4.78, 5) is 11.7. The Labute approximate surface area is 82.2 Å². The van der Waals surface area contributed by atoms with Gasteiger partial charge < -0.3 is 10.1 Å². The highest BCUT2D eigenvalue weighted by Crippen LogP contribution is 2.23. The van der Waals surface area contributed by atoms with Crippen molar-refractivity contribution in [2.24, 2.45) is 0 Å². The Hall–Kier alpha value is -0.900. The molecule has 1 aliphatic rings. The van der Waals surface area contributed by atoms with Gasteiger partial charge in [0.15, 0.2) is 0 Å². The lowest BCUT2D eigenvalue weighted by atomic mass is 10.2. The van der Waals surface area contributed by atoms with Crippen molar-refractivity contribution in [2.45, 2.75) is 13.0 Å². The van der Waals surface area contributed by atoms with Crippen LogP contribution in [0.5, 0.6) is 0 Å². The highest BCUT2D eigenvalue weighted by atomic mass is 32.2. The normalized spacial score (nSPS) is 21.4. The molecule has 0 saturated carbocycles. The predicted octanol–water partition coefficient (Wildman–Crippen LogP) is 1.28. The molecular formula is C9H13NO2S. The Bertz CT molecular complexity index is 260. The molecule has 0 aromatic rings. The molecule has 0 aliphatic carbocycles. The van der Waals surface area contributed by atoms with Crippen molar-refractivity contribution in [2.75, 3.05) is 12.9 Å². The summed E-state index contributed by atoms with van der Waals surface area (Å²) in [5.41, 5.74) is 1.08. The number of ether oxygens (including phenoxy) is 1. The van der Waals surface area contributed by atoms with E-state index in [1.54, 1.807) is 6.20 Å². The standard InChI is InChI=1S/C9H13NO2S/c1-6(2)7-5-13-8(4-10-7)9(11)12-3/h4,7,10H,1,5H2,2-3H3/t7-/m0/s1. The minimum Gasteiger partial charge on any atom is -0.465 e. The maximum atomic E-state index is 11.1. The van der Waals surface area contributed by atoms with E-state index in [0.29, 0.717) is 4.91 Å². The molecule has 0 spiro atoms. The molecule has 0 fully saturated rings. The second-order valence-corrected chi connectivity index (χ2v) is 3.94. The summed E-state index contributed by atoms with van der Waals surface area (Å²) in [7, 11) is 1.38. The lowest BCUT2D eigenvalue weighted by Gasteiger charge is -2.22. The Morgan fingerprint density at radius 2 is 2.54 bits per heavy atom. The van der Waals surface area contributed by atoms with Crippen LogP contribution in [0.15, 0.2) is 23.3 Å². The molecule has 0 aromatic heterocycles. The van der Waals surface area contributed by atoms with Crippen molar-refractivity contribution in [3.05, 3.63) is 23.3 Å². The average Bonchev–Trinajstić information content (AvgIpc) is 2.17. The molecule has 0 radical (unpaired) electrons. The molecule has 3 nitrogen and oxygen atoms in total. The van der Waals surface area contributed by atoms with Crippen LogP contribution in [0.2, 0.25) is 0 Å². The van der Waals surface area contributed by atoms with Gasteiger partial charge in [-0.25, -0.2) is 4.79 Å². The quantitative estimate of drug-likeness (QED) is 0.537. The van der Waals surface area contributed by atoms with Gasteiger partial charge in [0.05, 0.1) is 13.2 Å². The zero-order chi connectivity index (χ0) is 9.84. The van der Waals surface area contributed by atoms with Gasteiger partial charge in [-0.05, 0) is 6.92 Å². The molecule has 0 bridgehead atoms. The summed E-state index contributed by atoms with van der Waals surface area (Å²) in [5, 5.41) is 3.10. The molecule has 0 saturated heterocycles. The SMILES string of the molecule is C=C(C)[C@@H]1CSC(C(=O)OC)=CN1. The van der Waals surface area contributed by atoms with Gasteiger partial charge in [0.25, 0.3) is 0 Å². The van der Waals surface area contributed by atoms with Gasteiger partial charge in [0.1, 0.15) is 4.91 Å². The maximum absolute atomic E-state index is 11.1. The van der Waals surface area contributed by atoms with Crippen molar-refractivity contribution in [3.63, 3.8) is 0 Å². The molecular weight excluding hydrogens is 186 g/mol. The van der Waals surface area contributed by atoms with Gasteiger partial charge in [-0.15, -0.1) is 11.8 Å². The first-order chi connectivity index (χ1) is 6.15. The minimum atomic E-state index is -0.280. The summed E-state index contributed by atoms with van der Waals surface area (Å²) in [6.45, 7) is 5.82. The van der Waals surface area contributed by atoms with Crippen molar-refractivity contribution < 1.29 is 9.53 Å². The number of methoxy groups -OCH3 is 1. The fourth-order valence-corrected chi connectivity index (χ4v) is 2.02. The van der Waals surface area contributed by atoms with Gasteiger partial charge in [-0.2, -0.15) is 0 Å². The first-order valence-corrected chi connectivity index (χ1v) is 4.96. The fraction of sp³-hybridized carbons (Fsp3) is 0.444. The second-order valence-electron chi connectivity index (χ2n) is 2.88. The van der Waals surface area contributed by atoms with E-state index in [1.165, 1.54) is 18.9 Å². The third kappa shape index (κ3) is 2.52. The molecule has 0 amide bonds. The summed E-state index contributed by atoms with van der Waals surface area (Å²) in [6, 6.07) is 0.262. The summed E-state index contributed by atoms with van der Waals surface area (Å²) in [5.74, 6) is 0.550. The summed E-state index contributed by atoms with van der Waals surface area (Å²) in [6.07, 6.45) is 1.69. The number of hydrogen-bond donors (Lipinski definition) is 1.